The zero-order chi connectivity index (χ0) is 24.0. The predicted octanol–water partition coefficient (Wildman–Crippen LogP) is 5.55. The average molecular weight is 490 g/mol. The van der Waals surface area contributed by atoms with Crippen molar-refractivity contribution in [3.8, 4) is 11.5 Å². The highest BCUT2D eigenvalue weighted by atomic mass is 35.5. The van der Waals surface area contributed by atoms with E-state index < -0.39 is 0 Å². The monoisotopic (exact) mass is 489 g/mol. The molecule has 3 aromatic carbocycles. The molecular weight excluding hydrogens is 466 g/mol. The van der Waals surface area contributed by atoms with Crippen LogP contribution in [0.3, 0.4) is 0 Å². The second kappa shape index (κ2) is 10.7. The Morgan fingerprint density at radius 3 is 2.51 bits per heavy atom. The third-order valence-electron chi connectivity index (χ3n) is 5.48. The summed E-state index contributed by atoms with van der Waals surface area (Å²) < 4.78 is 11.4. The minimum Gasteiger partial charge on any atom is -0.457 e. The molecule has 0 bridgehead atoms. The van der Waals surface area contributed by atoms with Crippen molar-refractivity contribution in [2.24, 2.45) is 0 Å². The van der Waals surface area contributed by atoms with Crippen molar-refractivity contribution in [1.29, 1.82) is 0 Å². The van der Waals surface area contributed by atoms with E-state index >= 15 is 0 Å². The summed E-state index contributed by atoms with van der Waals surface area (Å²) in [5.41, 5.74) is 3.76. The van der Waals surface area contributed by atoms with Gasteiger partial charge >= 0.3 is 6.03 Å². The largest absolute Gasteiger partial charge is 0.457 e. The Hall–Kier alpha value is -3.72. The maximum Gasteiger partial charge on any atom is 0.323 e. The van der Waals surface area contributed by atoms with Crippen molar-refractivity contribution in [1.82, 2.24) is 14.9 Å². The fourth-order valence-electron chi connectivity index (χ4n) is 3.76. The van der Waals surface area contributed by atoms with Crippen molar-refractivity contribution >= 4 is 40.0 Å². The van der Waals surface area contributed by atoms with E-state index in [0.29, 0.717) is 27.9 Å². The average Bonchev–Trinajstić information content (AvgIpc) is 2.86. The molecule has 178 valence electrons. The molecule has 1 aromatic heterocycles. The number of halogens is 1. The highest BCUT2D eigenvalue weighted by Crippen LogP contribution is 2.26. The number of benzene rings is 3. The Kier molecular flexibility index (Phi) is 7.04. The van der Waals surface area contributed by atoms with Crippen molar-refractivity contribution in [2.75, 3.05) is 36.9 Å². The van der Waals surface area contributed by atoms with E-state index in [1.165, 1.54) is 0 Å². The minimum atomic E-state index is -0.359. The van der Waals surface area contributed by atoms with Gasteiger partial charge in [-0.05, 0) is 54.6 Å². The molecule has 0 atom stereocenters. The third-order valence-corrected chi connectivity index (χ3v) is 5.72. The molecule has 2 N–H and O–H groups in total. The lowest BCUT2D eigenvalue weighted by Crippen LogP contribution is -2.35. The molecular formula is C26H24ClN5O3. The molecule has 1 fully saturated rings. The predicted molar refractivity (Wildman–Crippen MR) is 136 cm³/mol. The first-order chi connectivity index (χ1) is 17.1. The van der Waals surface area contributed by atoms with Gasteiger partial charge in [0.2, 0.25) is 0 Å². The van der Waals surface area contributed by atoms with Gasteiger partial charge in [-0.15, -0.1) is 0 Å². The topological polar surface area (TPSA) is 88.6 Å². The summed E-state index contributed by atoms with van der Waals surface area (Å²) in [5.74, 6) is 1.30. The Morgan fingerprint density at radius 1 is 0.943 bits per heavy atom. The zero-order valence-electron chi connectivity index (χ0n) is 18.9. The molecule has 1 aliphatic heterocycles. The van der Waals surface area contributed by atoms with Crippen molar-refractivity contribution < 1.29 is 14.3 Å². The first-order valence-electron chi connectivity index (χ1n) is 11.3. The first-order valence-corrected chi connectivity index (χ1v) is 11.7. The van der Waals surface area contributed by atoms with E-state index in [9.17, 15) is 4.79 Å². The molecule has 1 saturated heterocycles. The Morgan fingerprint density at radius 2 is 1.71 bits per heavy atom. The van der Waals surface area contributed by atoms with Crippen LogP contribution in [0.1, 0.15) is 5.69 Å². The number of ether oxygens (including phenoxy) is 2. The number of fused-ring (bicyclic) bond motifs is 1. The van der Waals surface area contributed by atoms with Gasteiger partial charge in [0.15, 0.2) is 0 Å². The molecule has 35 heavy (non-hydrogen) atoms. The minimum absolute atomic E-state index is 0.359. The maximum absolute atomic E-state index is 12.2. The second-order valence-electron chi connectivity index (χ2n) is 8.12. The number of rotatable bonds is 6. The zero-order valence-corrected chi connectivity index (χ0v) is 19.7. The number of hydrogen-bond donors (Lipinski definition) is 2. The van der Waals surface area contributed by atoms with Crippen LogP contribution in [0, 0.1) is 0 Å². The van der Waals surface area contributed by atoms with Gasteiger partial charge in [0.25, 0.3) is 0 Å². The molecule has 9 heteroatoms. The summed E-state index contributed by atoms with van der Waals surface area (Å²) in [4.78, 5) is 23.8. The van der Waals surface area contributed by atoms with E-state index in [2.05, 4.69) is 20.5 Å². The normalized spacial score (nSPS) is 14.0. The SMILES string of the molecule is O=C(Nc1ccc(Oc2ccc3ncc(CN4CCOCC4)nc3c2)cc1)Nc1cccc(Cl)c1. The molecule has 8 nitrogen and oxygen atoms in total. The van der Waals surface area contributed by atoms with E-state index in [4.69, 9.17) is 26.1 Å². The summed E-state index contributed by atoms with van der Waals surface area (Å²) >= 11 is 5.95. The molecule has 0 saturated carbocycles. The number of morpholine rings is 1. The maximum atomic E-state index is 12.2. The highest BCUT2D eigenvalue weighted by Gasteiger charge is 2.12. The van der Waals surface area contributed by atoms with Gasteiger partial charge in [-0.1, -0.05) is 17.7 Å². The fraction of sp³-hybridized carbons (Fsp3) is 0.192. The highest BCUT2D eigenvalue weighted by molar-refractivity contribution is 6.30. The summed E-state index contributed by atoms with van der Waals surface area (Å²) in [6, 6.07) is 19.4. The number of carbonyl (C=O) groups is 1. The summed E-state index contributed by atoms with van der Waals surface area (Å²) in [6.45, 7) is 4.04. The molecule has 5 rings (SSSR count). The van der Waals surface area contributed by atoms with Gasteiger partial charge in [0.05, 0.1) is 36.1 Å². The smallest absolute Gasteiger partial charge is 0.323 e. The van der Waals surface area contributed by atoms with Gasteiger partial charge < -0.3 is 20.1 Å². The number of amides is 2. The molecule has 4 aromatic rings. The van der Waals surface area contributed by atoms with Gasteiger partial charge in [-0.2, -0.15) is 0 Å². The first kappa shape index (κ1) is 23.0. The van der Waals surface area contributed by atoms with Crippen LogP contribution in [0.25, 0.3) is 11.0 Å². The number of nitrogens with one attached hydrogen (secondary N) is 2. The standard InChI is InChI=1S/C26H24ClN5O3/c27-18-2-1-3-20(14-18)31-26(33)30-19-4-6-22(7-5-19)35-23-8-9-24-25(15-23)29-21(16-28-24)17-32-10-12-34-13-11-32/h1-9,14-16H,10-13,17H2,(H2,30,31,33). The van der Waals surface area contributed by atoms with E-state index in [1.54, 1.807) is 48.5 Å². The van der Waals surface area contributed by atoms with Crippen LogP contribution >= 0.6 is 11.6 Å². The molecule has 2 amide bonds. The van der Waals surface area contributed by atoms with Crippen LogP contribution in [0.5, 0.6) is 11.5 Å². The number of carbonyl (C=O) groups excluding carboxylic acids is 1. The van der Waals surface area contributed by atoms with Gasteiger partial charge in [-0.3, -0.25) is 9.88 Å². The van der Waals surface area contributed by atoms with Crippen molar-refractivity contribution in [3.05, 3.63) is 83.6 Å². The number of hydrogen-bond acceptors (Lipinski definition) is 6. The van der Waals surface area contributed by atoms with Crippen LogP contribution in [0.4, 0.5) is 16.2 Å². The van der Waals surface area contributed by atoms with Crippen molar-refractivity contribution in [3.63, 3.8) is 0 Å². The molecule has 2 heterocycles. The number of aromatic nitrogens is 2. The lowest BCUT2D eigenvalue weighted by Gasteiger charge is -2.26. The lowest BCUT2D eigenvalue weighted by molar-refractivity contribution is 0.0336. The number of nitrogens with zero attached hydrogens (tertiary/aromatic N) is 3. The van der Waals surface area contributed by atoms with Crippen LogP contribution in [-0.2, 0) is 11.3 Å². The van der Waals surface area contributed by atoms with Crippen molar-refractivity contribution in [2.45, 2.75) is 6.54 Å². The summed E-state index contributed by atoms with van der Waals surface area (Å²) in [5, 5.41) is 6.08. The van der Waals surface area contributed by atoms with E-state index in [1.807, 2.05) is 24.4 Å². The van der Waals surface area contributed by atoms with Crippen LogP contribution in [0.2, 0.25) is 5.02 Å². The summed E-state index contributed by atoms with van der Waals surface area (Å²) in [6.07, 6.45) is 1.83. The Bertz CT molecular complexity index is 1330. The third kappa shape index (κ3) is 6.24. The second-order valence-corrected chi connectivity index (χ2v) is 8.55. The summed E-state index contributed by atoms with van der Waals surface area (Å²) in [7, 11) is 0. The van der Waals surface area contributed by atoms with Gasteiger partial charge in [0, 0.05) is 42.1 Å². The van der Waals surface area contributed by atoms with Crippen LogP contribution < -0.4 is 15.4 Å². The quantitative estimate of drug-likeness (QED) is 0.369. The Balaban J connectivity index is 1.21. The number of urea groups is 1. The molecule has 0 unspecified atom stereocenters. The van der Waals surface area contributed by atoms with Gasteiger partial charge in [-0.25, -0.2) is 9.78 Å². The molecule has 1 aliphatic rings. The number of anilines is 2. The van der Waals surface area contributed by atoms with E-state index in [0.717, 1.165) is 49.6 Å². The van der Waals surface area contributed by atoms with Gasteiger partial charge in [0.1, 0.15) is 11.5 Å². The fourth-order valence-corrected chi connectivity index (χ4v) is 3.95. The molecule has 0 radical (unpaired) electrons. The Labute approximate surface area is 207 Å². The lowest BCUT2D eigenvalue weighted by atomic mass is 10.2. The molecule has 0 aliphatic carbocycles. The molecule has 0 spiro atoms. The van der Waals surface area contributed by atoms with Crippen LogP contribution in [0.15, 0.2) is 72.9 Å². The van der Waals surface area contributed by atoms with E-state index in [-0.39, 0.29) is 6.03 Å². The van der Waals surface area contributed by atoms with Crippen LogP contribution in [-0.4, -0.2) is 47.2 Å².